The van der Waals surface area contributed by atoms with Gasteiger partial charge in [-0.3, -0.25) is 0 Å². The van der Waals surface area contributed by atoms with Crippen molar-refractivity contribution in [3.8, 4) is 0 Å². The molecule has 0 heterocycles. The van der Waals surface area contributed by atoms with Crippen LogP contribution in [0.5, 0.6) is 0 Å². The number of hydrogen-bond donors (Lipinski definition) is 2. The summed E-state index contributed by atoms with van der Waals surface area (Å²) in [5.41, 5.74) is -0.146. The zero-order valence-corrected chi connectivity index (χ0v) is 13.6. The second kappa shape index (κ2) is 6.36. The first-order valence-corrected chi connectivity index (χ1v) is 9.29. The average Bonchev–Trinajstić information content (AvgIpc) is 2.45. The summed E-state index contributed by atoms with van der Waals surface area (Å²) >= 11 is 0. The molecule has 118 valence electrons. The van der Waals surface area contributed by atoms with Gasteiger partial charge in [0.15, 0.2) is 9.84 Å². The predicted molar refractivity (Wildman–Crippen MR) is 85.2 cm³/mol. The summed E-state index contributed by atoms with van der Waals surface area (Å²) < 4.78 is 24.2. The van der Waals surface area contributed by atoms with Gasteiger partial charge in [-0.05, 0) is 30.9 Å². The summed E-state index contributed by atoms with van der Waals surface area (Å²) in [6.45, 7) is 4.19. The highest BCUT2D eigenvalue weighted by atomic mass is 32.2. The van der Waals surface area contributed by atoms with E-state index in [0.717, 1.165) is 25.7 Å². The Labute approximate surface area is 127 Å². The second-order valence-corrected chi connectivity index (χ2v) is 8.43. The minimum Gasteiger partial charge on any atom is -0.388 e. The van der Waals surface area contributed by atoms with E-state index in [1.54, 1.807) is 25.1 Å². The third-order valence-corrected chi connectivity index (χ3v) is 6.06. The highest BCUT2D eigenvalue weighted by molar-refractivity contribution is 7.91. The van der Waals surface area contributed by atoms with Gasteiger partial charge in [-0.2, -0.15) is 0 Å². The molecule has 4 nitrogen and oxygen atoms in total. The van der Waals surface area contributed by atoms with Crippen LogP contribution in [0.4, 0.5) is 5.69 Å². The first-order valence-electron chi connectivity index (χ1n) is 7.64. The summed E-state index contributed by atoms with van der Waals surface area (Å²) in [5.74, 6) is 0.590. The number of sulfone groups is 1. The highest BCUT2D eigenvalue weighted by Crippen LogP contribution is 2.33. The third kappa shape index (κ3) is 3.98. The third-order valence-electron chi connectivity index (χ3n) is 4.28. The Kier molecular flexibility index (Phi) is 4.94. The molecule has 1 fully saturated rings. The first-order chi connectivity index (χ1) is 9.86. The van der Waals surface area contributed by atoms with Crippen LogP contribution in [-0.2, 0) is 9.84 Å². The van der Waals surface area contributed by atoms with Crippen molar-refractivity contribution in [3.05, 3.63) is 24.3 Å². The molecule has 5 heteroatoms. The molecule has 0 radical (unpaired) electrons. The van der Waals surface area contributed by atoms with Crippen LogP contribution >= 0.6 is 0 Å². The summed E-state index contributed by atoms with van der Waals surface area (Å²) in [6.07, 6.45) is 3.72. The van der Waals surface area contributed by atoms with E-state index in [-0.39, 0.29) is 5.75 Å². The fraction of sp³-hybridized carbons (Fsp3) is 0.625. The van der Waals surface area contributed by atoms with Crippen LogP contribution < -0.4 is 5.32 Å². The molecule has 1 aromatic rings. The quantitative estimate of drug-likeness (QED) is 0.877. The molecule has 2 N–H and O–H groups in total. The molecule has 0 amide bonds. The van der Waals surface area contributed by atoms with Crippen LogP contribution in [0.2, 0.25) is 0 Å². The number of rotatable bonds is 5. The van der Waals surface area contributed by atoms with Crippen molar-refractivity contribution in [3.63, 3.8) is 0 Å². The second-order valence-electron chi connectivity index (χ2n) is 6.18. The molecule has 0 aliphatic heterocycles. The van der Waals surface area contributed by atoms with Crippen molar-refractivity contribution in [1.82, 2.24) is 0 Å². The fourth-order valence-corrected chi connectivity index (χ4v) is 4.16. The van der Waals surface area contributed by atoms with Gasteiger partial charge in [0.05, 0.1) is 21.9 Å². The molecule has 0 aromatic heterocycles. The maximum absolute atomic E-state index is 12.1. The van der Waals surface area contributed by atoms with E-state index in [0.29, 0.717) is 23.0 Å². The van der Waals surface area contributed by atoms with E-state index in [1.807, 2.05) is 6.07 Å². The van der Waals surface area contributed by atoms with Gasteiger partial charge in [0, 0.05) is 6.54 Å². The van der Waals surface area contributed by atoms with Crippen molar-refractivity contribution in [2.75, 3.05) is 17.6 Å². The molecule has 0 saturated heterocycles. The topological polar surface area (TPSA) is 66.4 Å². The molecule has 2 rings (SSSR count). The number of para-hydroxylation sites is 1. The smallest absolute Gasteiger partial charge is 0.180 e. The normalized spacial score (nSPS) is 26.5. The van der Waals surface area contributed by atoms with Crippen LogP contribution in [0.25, 0.3) is 0 Å². The standard InChI is InChI=1S/C16H25NO3S/c1-3-21(19,20)15-9-5-4-8-14(15)17-12-16(18)10-6-7-13(2)11-16/h4-5,8-9,13,17-18H,3,6-7,10-12H2,1-2H3. The summed E-state index contributed by atoms with van der Waals surface area (Å²) in [5, 5.41) is 13.8. The minimum atomic E-state index is -3.26. The predicted octanol–water partition coefficient (Wildman–Crippen LogP) is 2.83. The van der Waals surface area contributed by atoms with Crippen LogP contribution in [-0.4, -0.2) is 31.4 Å². The molecule has 0 spiro atoms. The molecule has 21 heavy (non-hydrogen) atoms. The first kappa shape index (κ1) is 16.3. The number of benzene rings is 1. The van der Waals surface area contributed by atoms with Crippen LogP contribution in [0.3, 0.4) is 0 Å². The largest absolute Gasteiger partial charge is 0.388 e. The van der Waals surface area contributed by atoms with Crippen LogP contribution in [0.1, 0.15) is 39.5 Å². The summed E-state index contributed by atoms with van der Waals surface area (Å²) in [6, 6.07) is 6.92. The molecule has 1 saturated carbocycles. The van der Waals surface area contributed by atoms with Crippen molar-refractivity contribution in [1.29, 1.82) is 0 Å². The molecule has 1 aromatic carbocycles. The molecule has 1 aliphatic rings. The average molecular weight is 311 g/mol. The number of nitrogens with one attached hydrogen (secondary N) is 1. The van der Waals surface area contributed by atoms with Crippen molar-refractivity contribution < 1.29 is 13.5 Å². The molecular weight excluding hydrogens is 286 g/mol. The minimum absolute atomic E-state index is 0.0764. The Morgan fingerprint density at radius 1 is 1.38 bits per heavy atom. The van der Waals surface area contributed by atoms with E-state index in [9.17, 15) is 13.5 Å². The molecule has 2 atom stereocenters. The number of anilines is 1. The highest BCUT2D eigenvalue weighted by Gasteiger charge is 2.32. The Bertz CT molecular complexity index is 585. The zero-order chi connectivity index (χ0) is 15.5. The van der Waals surface area contributed by atoms with E-state index in [1.165, 1.54) is 0 Å². The van der Waals surface area contributed by atoms with Crippen LogP contribution in [0.15, 0.2) is 29.2 Å². The maximum atomic E-state index is 12.1. The molecule has 0 bridgehead atoms. The van der Waals surface area contributed by atoms with E-state index < -0.39 is 15.4 Å². The summed E-state index contributed by atoms with van der Waals surface area (Å²) in [7, 11) is -3.26. The monoisotopic (exact) mass is 311 g/mol. The Morgan fingerprint density at radius 2 is 2.10 bits per heavy atom. The molecular formula is C16H25NO3S. The lowest BCUT2D eigenvalue weighted by molar-refractivity contribution is -0.000805. The lowest BCUT2D eigenvalue weighted by Crippen LogP contribution is -2.41. The van der Waals surface area contributed by atoms with Gasteiger partial charge < -0.3 is 10.4 Å². The van der Waals surface area contributed by atoms with E-state index in [2.05, 4.69) is 12.2 Å². The fourth-order valence-electron chi connectivity index (χ4n) is 3.09. The Morgan fingerprint density at radius 3 is 2.76 bits per heavy atom. The Hall–Kier alpha value is -1.07. The van der Waals surface area contributed by atoms with Gasteiger partial charge in [0.25, 0.3) is 0 Å². The SMILES string of the molecule is CCS(=O)(=O)c1ccccc1NCC1(O)CCCC(C)C1. The lowest BCUT2D eigenvalue weighted by atomic mass is 9.79. The van der Waals surface area contributed by atoms with Gasteiger partial charge in [-0.1, -0.05) is 38.8 Å². The Balaban J connectivity index is 2.14. The van der Waals surface area contributed by atoms with Crippen molar-refractivity contribution >= 4 is 15.5 Å². The lowest BCUT2D eigenvalue weighted by Gasteiger charge is -2.36. The van der Waals surface area contributed by atoms with Gasteiger partial charge >= 0.3 is 0 Å². The number of aliphatic hydroxyl groups is 1. The summed E-state index contributed by atoms with van der Waals surface area (Å²) in [4.78, 5) is 0.319. The molecule has 2 unspecified atom stereocenters. The zero-order valence-electron chi connectivity index (χ0n) is 12.8. The van der Waals surface area contributed by atoms with Crippen LogP contribution in [0, 0.1) is 5.92 Å². The van der Waals surface area contributed by atoms with E-state index >= 15 is 0 Å². The van der Waals surface area contributed by atoms with E-state index in [4.69, 9.17) is 0 Å². The van der Waals surface area contributed by atoms with Gasteiger partial charge in [0.2, 0.25) is 0 Å². The number of hydrogen-bond acceptors (Lipinski definition) is 4. The van der Waals surface area contributed by atoms with Crippen molar-refractivity contribution in [2.45, 2.75) is 50.0 Å². The van der Waals surface area contributed by atoms with Gasteiger partial charge in [-0.15, -0.1) is 0 Å². The molecule has 1 aliphatic carbocycles. The van der Waals surface area contributed by atoms with Crippen molar-refractivity contribution in [2.24, 2.45) is 5.92 Å². The van der Waals surface area contributed by atoms with Gasteiger partial charge in [0.1, 0.15) is 0 Å². The maximum Gasteiger partial charge on any atom is 0.180 e. The van der Waals surface area contributed by atoms with Gasteiger partial charge in [-0.25, -0.2) is 8.42 Å².